The Hall–Kier alpha value is -4.93. The normalized spacial score (nSPS) is 10.9. The highest BCUT2D eigenvalue weighted by Gasteiger charge is 2.16. The molecular formula is C35H33ClN2O5. The van der Waals surface area contributed by atoms with E-state index in [9.17, 15) is 10.1 Å². The van der Waals surface area contributed by atoms with Gasteiger partial charge in [-0.05, 0) is 85.0 Å². The number of nitrogens with one attached hydrogen (secondary N) is 1. The lowest BCUT2D eigenvalue weighted by atomic mass is 10.1. The van der Waals surface area contributed by atoms with E-state index in [-0.39, 0.29) is 17.2 Å². The number of nitrogens with zero attached hydrogens (tertiary/aromatic N) is 1. The molecule has 0 bridgehead atoms. The molecule has 4 rings (SSSR count). The smallest absolute Gasteiger partial charge is 0.266 e. The molecule has 8 heteroatoms. The minimum absolute atomic E-state index is 0.0780. The lowest BCUT2D eigenvalue weighted by Crippen LogP contribution is -2.14. The summed E-state index contributed by atoms with van der Waals surface area (Å²) in [5.74, 6) is 1.42. The van der Waals surface area contributed by atoms with E-state index in [4.69, 9.17) is 30.5 Å². The largest absolute Gasteiger partial charge is 0.493 e. The topological polar surface area (TPSA) is 89.8 Å². The lowest BCUT2D eigenvalue weighted by Gasteiger charge is -2.16. The molecule has 1 N–H and O–H groups in total. The summed E-state index contributed by atoms with van der Waals surface area (Å²) in [4.78, 5) is 12.9. The maximum Gasteiger partial charge on any atom is 0.266 e. The predicted molar refractivity (Wildman–Crippen MR) is 169 cm³/mol. The summed E-state index contributed by atoms with van der Waals surface area (Å²) in [5.41, 5.74) is 4.95. The molecule has 43 heavy (non-hydrogen) atoms. The fraction of sp³-hybridized carbons (Fsp3) is 0.200. The van der Waals surface area contributed by atoms with Crippen LogP contribution in [0.25, 0.3) is 6.08 Å². The number of carbonyl (C=O) groups excluding carboxylic acids is 1. The summed E-state index contributed by atoms with van der Waals surface area (Å²) < 4.78 is 23.4. The molecule has 4 aromatic rings. The van der Waals surface area contributed by atoms with Gasteiger partial charge in [0.15, 0.2) is 23.0 Å². The molecule has 0 aliphatic rings. The standard InChI is InChI=1S/C35H33ClN2O5/c1-5-41-32-18-26(14-15-31(32)42-21-25-11-7-6-8-12-25)22-43-34-29(36)17-27(19-33(34)40-4)16-28(20-37)35(39)38-30-13-9-10-23(2)24(30)3/h6-19H,5,21-22H2,1-4H3,(H,38,39)/b28-16-. The third-order valence-corrected chi connectivity index (χ3v) is 6.99. The number of ether oxygens (including phenoxy) is 4. The number of rotatable bonds is 12. The SMILES string of the molecule is CCOc1cc(COc2c(Cl)cc(/C=C(/C#N)C(=O)Nc3cccc(C)c3C)cc2OC)ccc1OCc1ccccc1. The van der Waals surface area contributed by atoms with Gasteiger partial charge < -0.3 is 24.3 Å². The minimum Gasteiger partial charge on any atom is -0.493 e. The Bertz CT molecular complexity index is 1660. The summed E-state index contributed by atoms with van der Waals surface area (Å²) in [6.07, 6.45) is 1.46. The van der Waals surface area contributed by atoms with Crippen molar-refractivity contribution in [2.24, 2.45) is 0 Å². The second kappa shape index (κ2) is 14.8. The number of benzene rings is 4. The number of carbonyl (C=O) groups is 1. The molecule has 0 radical (unpaired) electrons. The minimum atomic E-state index is -0.520. The molecular weight excluding hydrogens is 564 g/mol. The zero-order chi connectivity index (χ0) is 30.8. The van der Waals surface area contributed by atoms with E-state index in [1.807, 2.05) is 87.5 Å². The molecule has 0 atom stereocenters. The molecule has 0 saturated carbocycles. The van der Waals surface area contributed by atoms with Gasteiger partial charge in [0, 0.05) is 5.69 Å². The van der Waals surface area contributed by atoms with Gasteiger partial charge in [-0.15, -0.1) is 0 Å². The number of hydrogen-bond donors (Lipinski definition) is 1. The molecule has 0 unspecified atom stereocenters. The average molecular weight is 597 g/mol. The first-order valence-corrected chi connectivity index (χ1v) is 14.1. The summed E-state index contributed by atoms with van der Waals surface area (Å²) in [6.45, 7) is 6.87. The number of halogens is 1. The second-order valence-corrected chi connectivity index (χ2v) is 10.1. The van der Waals surface area contributed by atoms with E-state index in [1.165, 1.54) is 13.2 Å². The van der Waals surface area contributed by atoms with Crippen molar-refractivity contribution in [3.63, 3.8) is 0 Å². The highest BCUT2D eigenvalue weighted by atomic mass is 35.5. The first kappa shape index (κ1) is 31.0. The fourth-order valence-corrected chi connectivity index (χ4v) is 4.55. The molecule has 0 heterocycles. The molecule has 0 aliphatic carbocycles. The third-order valence-electron chi connectivity index (χ3n) is 6.71. The number of amides is 1. The van der Waals surface area contributed by atoms with Crippen LogP contribution in [0.4, 0.5) is 5.69 Å². The highest BCUT2D eigenvalue weighted by Crippen LogP contribution is 2.38. The van der Waals surface area contributed by atoms with E-state index >= 15 is 0 Å². The zero-order valence-corrected chi connectivity index (χ0v) is 25.3. The summed E-state index contributed by atoms with van der Waals surface area (Å²) in [6, 6.07) is 26.4. The second-order valence-electron chi connectivity index (χ2n) is 9.68. The molecule has 1 amide bonds. The van der Waals surface area contributed by atoms with Crippen molar-refractivity contribution in [2.45, 2.75) is 34.0 Å². The van der Waals surface area contributed by atoms with Crippen LogP contribution in [0.3, 0.4) is 0 Å². The molecule has 7 nitrogen and oxygen atoms in total. The molecule has 4 aromatic carbocycles. The van der Waals surface area contributed by atoms with Gasteiger partial charge in [0.2, 0.25) is 0 Å². The monoisotopic (exact) mass is 596 g/mol. The van der Waals surface area contributed by atoms with Gasteiger partial charge in [-0.2, -0.15) is 5.26 Å². The van der Waals surface area contributed by atoms with Crippen LogP contribution in [0, 0.1) is 25.2 Å². The maximum atomic E-state index is 12.9. The molecule has 220 valence electrons. The van der Waals surface area contributed by atoms with Crippen LogP contribution in [0.5, 0.6) is 23.0 Å². The Morgan fingerprint density at radius 3 is 2.37 bits per heavy atom. The summed E-state index contributed by atoms with van der Waals surface area (Å²) >= 11 is 6.60. The van der Waals surface area contributed by atoms with Crippen molar-refractivity contribution in [1.29, 1.82) is 5.26 Å². The Morgan fingerprint density at radius 1 is 0.884 bits per heavy atom. The quantitative estimate of drug-likeness (QED) is 0.131. The van der Waals surface area contributed by atoms with Crippen molar-refractivity contribution < 1.29 is 23.7 Å². The van der Waals surface area contributed by atoms with E-state index in [1.54, 1.807) is 18.2 Å². The van der Waals surface area contributed by atoms with E-state index in [0.717, 1.165) is 22.3 Å². The zero-order valence-electron chi connectivity index (χ0n) is 24.6. The molecule has 0 aliphatic heterocycles. The van der Waals surface area contributed by atoms with Crippen molar-refractivity contribution in [2.75, 3.05) is 19.0 Å². The Morgan fingerprint density at radius 2 is 1.65 bits per heavy atom. The average Bonchev–Trinajstić information content (AvgIpc) is 3.01. The van der Waals surface area contributed by atoms with E-state index < -0.39 is 5.91 Å². The first-order chi connectivity index (χ1) is 20.8. The van der Waals surface area contributed by atoms with Gasteiger partial charge in [0.1, 0.15) is 24.9 Å². The number of hydrogen-bond acceptors (Lipinski definition) is 6. The Kier molecular flexibility index (Phi) is 10.7. The fourth-order valence-electron chi connectivity index (χ4n) is 4.28. The molecule has 0 spiro atoms. The van der Waals surface area contributed by atoms with E-state index in [2.05, 4.69) is 5.32 Å². The number of anilines is 1. The van der Waals surface area contributed by atoms with Crippen LogP contribution in [-0.4, -0.2) is 19.6 Å². The van der Waals surface area contributed by atoms with Crippen molar-refractivity contribution in [1.82, 2.24) is 0 Å². The lowest BCUT2D eigenvalue weighted by molar-refractivity contribution is -0.112. The van der Waals surface area contributed by atoms with Crippen molar-refractivity contribution >= 4 is 29.3 Å². The third kappa shape index (κ3) is 8.09. The van der Waals surface area contributed by atoms with Crippen molar-refractivity contribution in [3.8, 4) is 29.1 Å². The number of aryl methyl sites for hydroxylation is 1. The van der Waals surface area contributed by atoms with E-state index in [0.29, 0.717) is 47.5 Å². The van der Waals surface area contributed by atoms with Crippen molar-refractivity contribution in [3.05, 3.63) is 117 Å². The number of methoxy groups -OCH3 is 1. The molecule has 0 aromatic heterocycles. The maximum absolute atomic E-state index is 12.9. The number of nitriles is 1. The highest BCUT2D eigenvalue weighted by molar-refractivity contribution is 6.32. The molecule has 0 fully saturated rings. The van der Waals surface area contributed by atoms with Crippen LogP contribution < -0.4 is 24.3 Å². The van der Waals surface area contributed by atoms with Gasteiger partial charge in [-0.1, -0.05) is 60.1 Å². The Labute approximate surface area is 257 Å². The van der Waals surface area contributed by atoms with Crippen LogP contribution in [0.2, 0.25) is 5.02 Å². The van der Waals surface area contributed by atoms with Crippen LogP contribution in [0.1, 0.15) is 34.7 Å². The van der Waals surface area contributed by atoms with Gasteiger partial charge >= 0.3 is 0 Å². The van der Waals surface area contributed by atoms with Crippen LogP contribution in [-0.2, 0) is 18.0 Å². The first-order valence-electron chi connectivity index (χ1n) is 13.7. The summed E-state index contributed by atoms with van der Waals surface area (Å²) in [5, 5.41) is 12.8. The van der Waals surface area contributed by atoms with Gasteiger partial charge in [0.05, 0.1) is 18.7 Å². The van der Waals surface area contributed by atoms with Crippen LogP contribution in [0.15, 0.2) is 84.4 Å². The van der Waals surface area contributed by atoms with Gasteiger partial charge in [-0.25, -0.2) is 0 Å². The summed E-state index contributed by atoms with van der Waals surface area (Å²) in [7, 11) is 1.50. The van der Waals surface area contributed by atoms with Crippen LogP contribution >= 0.6 is 11.6 Å². The predicted octanol–water partition coefficient (Wildman–Crippen LogP) is 8.07. The van der Waals surface area contributed by atoms with Gasteiger partial charge in [-0.3, -0.25) is 4.79 Å². The molecule has 0 saturated heterocycles. The van der Waals surface area contributed by atoms with Gasteiger partial charge in [0.25, 0.3) is 5.91 Å². The Balaban J connectivity index is 1.49.